The molecule has 1 aromatic carbocycles. The van der Waals surface area contributed by atoms with E-state index in [1.54, 1.807) is 0 Å². The maximum absolute atomic E-state index is 13.3. The van der Waals surface area contributed by atoms with E-state index < -0.39 is 5.60 Å². The van der Waals surface area contributed by atoms with E-state index in [0.29, 0.717) is 11.0 Å². The molecule has 0 N–H and O–H groups in total. The topological polar surface area (TPSA) is 67.7 Å². The normalized spacial score (nSPS) is 17.8. The predicted molar refractivity (Wildman–Crippen MR) is 136 cm³/mol. The molecule has 184 valence electrons. The van der Waals surface area contributed by atoms with Crippen molar-refractivity contribution >= 4 is 28.5 Å². The molecule has 0 aliphatic carbocycles. The molecule has 1 amide bonds. The fourth-order valence-electron chi connectivity index (χ4n) is 5.47. The van der Waals surface area contributed by atoms with Gasteiger partial charge in [0, 0.05) is 66.9 Å². The Morgan fingerprint density at radius 2 is 1.71 bits per heavy atom. The number of rotatable bonds is 4. The Balaban J connectivity index is 1.21. The quantitative estimate of drug-likeness (QED) is 0.521. The van der Waals surface area contributed by atoms with Crippen LogP contribution in [0.1, 0.15) is 50.4 Å². The maximum Gasteiger partial charge on any atom is 0.326 e. The van der Waals surface area contributed by atoms with Crippen LogP contribution in [0.2, 0.25) is 0 Å². The molecule has 2 saturated heterocycles. The first-order valence-electron chi connectivity index (χ1n) is 12.5. The molecule has 0 bridgehead atoms. The van der Waals surface area contributed by atoms with Crippen LogP contribution in [0.4, 0.5) is 5.69 Å². The Bertz CT molecular complexity index is 1220. The number of carbonyl (C=O) groups excluding carboxylic acids is 2. The average molecular weight is 475 g/mol. The van der Waals surface area contributed by atoms with E-state index in [9.17, 15) is 9.59 Å². The molecule has 2 fully saturated rings. The van der Waals surface area contributed by atoms with Gasteiger partial charge >= 0.3 is 5.97 Å². The summed E-state index contributed by atoms with van der Waals surface area (Å²) in [4.78, 5) is 34.1. The molecule has 2 aliphatic rings. The minimum Gasteiger partial charge on any atom is -0.459 e. The number of benzene rings is 1. The van der Waals surface area contributed by atoms with Crippen molar-refractivity contribution in [1.82, 2.24) is 14.5 Å². The number of amides is 1. The van der Waals surface area contributed by atoms with Crippen LogP contribution in [0, 0.1) is 5.41 Å². The third kappa shape index (κ3) is 5.04. The lowest BCUT2D eigenvalue weighted by atomic mass is 9.77. The second-order valence-electron chi connectivity index (χ2n) is 11.0. The van der Waals surface area contributed by atoms with Gasteiger partial charge in [0.1, 0.15) is 12.1 Å². The van der Waals surface area contributed by atoms with Gasteiger partial charge in [0.25, 0.3) is 5.91 Å². The molecule has 0 atom stereocenters. The Kier molecular flexibility index (Phi) is 6.03. The summed E-state index contributed by atoms with van der Waals surface area (Å²) in [7, 11) is 0. The summed E-state index contributed by atoms with van der Waals surface area (Å²) in [5.74, 6) is -0.183. The van der Waals surface area contributed by atoms with Crippen LogP contribution in [0.25, 0.3) is 10.9 Å². The molecule has 0 unspecified atom stereocenters. The van der Waals surface area contributed by atoms with Crippen LogP contribution in [0.5, 0.6) is 0 Å². The number of pyridine rings is 1. The summed E-state index contributed by atoms with van der Waals surface area (Å²) in [5, 5.41) is 0.955. The fraction of sp³-hybridized carbons (Fsp3) is 0.464. The van der Waals surface area contributed by atoms with Crippen molar-refractivity contribution in [2.24, 2.45) is 5.41 Å². The van der Waals surface area contributed by atoms with E-state index >= 15 is 0 Å². The van der Waals surface area contributed by atoms with Gasteiger partial charge in [0.15, 0.2) is 0 Å². The van der Waals surface area contributed by atoms with Crippen molar-refractivity contribution in [3.05, 3.63) is 60.6 Å². The SMILES string of the molecule is CC(C)(C)OC(=O)Cn1ccc2cc(C(=O)N3CCC4(CC3)CCN(c3ccncc3)C4)ccc21. The van der Waals surface area contributed by atoms with Crippen LogP contribution in [0.3, 0.4) is 0 Å². The predicted octanol–water partition coefficient (Wildman–Crippen LogP) is 4.51. The number of esters is 1. The standard InChI is InChI=1S/C28H34N4O3/c1-27(2,3)35-25(33)19-31-14-8-21-18-22(4-5-24(21)31)26(34)30-15-9-28(10-16-30)11-17-32(20-28)23-6-12-29-13-7-23/h4-8,12-14,18H,9-11,15-17,19-20H2,1-3H3. The maximum atomic E-state index is 13.3. The molecular formula is C28H34N4O3. The van der Waals surface area contributed by atoms with E-state index in [1.165, 1.54) is 12.1 Å². The molecule has 7 heteroatoms. The Labute approximate surface area is 206 Å². The number of piperidine rings is 1. The van der Waals surface area contributed by atoms with Gasteiger partial charge in [-0.3, -0.25) is 14.6 Å². The molecule has 0 saturated carbocycles. The van der Waals surface area contributed by atoms with Crippen LogP contribution in [-0.4, -0.2) is 58.1 Å². The van der Waals surface area contributed by atoms with Crippen molar-refractivity contribution in [1.29, 1.82) is 0 Å². The Hall–Kier alpha value is -3.35. The lowest BCUT2D eigenvalue weighted by Gasteiger charge is -2.39. The molecule has 7 nitrogen and oxygen atoms in total. The fourth-order valence-corrected chi connectivity index (χ4v) is 5.47. The Morgan fingerprint density at radius 1 is 1.00 bits per heavy atom. The van der Waals surface area contributed by atoms with Crippen LogP contribution >= 0.6 is 0 Å². The highest BCUT2D eigenvalue weighted by Crippen LogP contribution is 2.42. The second kappa shape index (κ2) is 9.02. The van der Waals surface area contributed by atoms with Gasteiger partial charge in [-0.05, 0) is 81.8 Å². The van der Waals surface area contributed by atoms with E-state index in [-0.39, 0.29) is 18.4 Å². The van der Waals surface area contributed by atoms with Crippen molar-refractivity contribution in [2.45, 2.75) is 52.2 Å². The number of carbonyl (C=O) groups is 2. The van der Waals surface area contributed by atoms with Gasteiger partial charge in [-0.1, -0.05) is 0 Å². The van der Waals surface area contributed by atoms with E-state index in [1.807, 2.05) is 73.1 Å². The summed E-state index contributed by atoms with van der Waals surface area (Å²) in [6, 6.07) is 11.9. The highest BCUT2D eigenvalue weighted by atomic mass is 16.6. The zero-order valence-electron chi connectivity index (χ0n) is 20.9. The van der Waals surface area contributed by atoms with Gasteiger partial charge in [-0.15, -0.1) is 0 Å². The van der Waals surface area contributed by atoms with Gasteiger partial charge in [0.05, 0.1) is 0 Å². The number of ether oxygens (including phenoxy) is 1. The molecule has 4 heterocycles. The number of nitrogens with zero attached hydrogens (tertiary/aromatic N) is 4. The first-order chi connectivity index (χ1) is 16.7. The summed E-state index contributed by atoms with van der Waals surface area (Å²) in [6.45, 7) is 9.44. The number of aromatic nitrogens is 2. The monoisotopic (exact) mass is 474 g/mol. The molecule has 3 aromatic rings. The lowest BCUT2D eigenvalue weighted by molar-refractivity contribution is -0.155. The molecule has 1 spiro atoms. The van der Waals surface area contributed by atoms with Crippen molar-refractivity contribution in [3.63, 3.8) is 0 Å². The zero-order valence-corrected chi connectivity index (χ0v) is 20.9. The summed E-state index contributed by atoms with van der Waals surface area (Å²) in [6.07, 6.45) is 8.83. The average Bonchev–Trinajstić information content (AvgIpc) is 3.43. The highest BCUT2D eigenvalue weighted by Gasteiger charge is 2.41. The zero-order chi connectivity index (χ0) is 24.6. The van der Waals surface area contributed by atoms with Gasteiger partial charge in [-0.25, -0.2) is 0 Å². The summed E-state index contributed by atoms with van der Waals surface area (Å²) < 4.78 is 7.32. The second-order valence-corrected chi connectivity index (χ2v) is 11.0. The first-order valence-corrected chi connectivity index (χ1v) is 12.5. The number of likely N-dealkylation sites (tertiary alicyclic amines) is 1. The van der Waals surface area contributed by atoms with Crippen molar-refractivity contribution < 1.29 is 14.3 Å². The minimum absolute atomic E-state index is 0.0885. The molecule has 2 aliphatic heterocycles. The number of fused-ring (bicyclic) bond motifs is 1. The summed E-state index contributed by atoms with van der Waals surface area (Å²) in [5.41, 5.74) is 2.65. The van der Waals surface area contributed by atoms with Crippen LogP contribution in [-0.2, 0) is 16.1 Å². The highest BCUT2D eigenvalue weighted by molar-refractivity contribution is 5.98. The van der Waals surface area contributed by atoms with Crippen LogP contribution < -0.4 is 4.90 Å². The molecule has 5 rings (SSSR count). The molecule has 0 radical (unpaired) electrons. The van der Waals surface area contributed by atoms with Gasteiger partial charge in [0.2, 0.25) is 0 Å². The van der Waals surface area contributed by atoms with Crippen molar-refractivity contribution in [2.75, 3.05) is 31.1 Å². The third-order valence-electron chi connectivity index (χ3n) is 7.31. The third-order valence-corrected chi connectivity index (χ3v) is 7.31. The number of anilines is 1. The number of hydrogen-bond acceptors (Lipinski definition) is 5. The number of hydrogen-bond donors (Lipinski definition) is 0. The minimum atomic E-state index is -0.511. The molecule has 2 aromatic heterocycles. The lowest BCUT2D eigenvalue weighted by Crippen LogP contribution is -2.44. The van der Waals surface area contributed by atoms with Gasteiger partial charge in [-0.2, -0.15) is 0 Å². The van der Waals surface area contributed by atoms with E-state index in [2.05, 4.69) is 22.0 Å². The van der Waals surface area contributed by atoms with Crippen molar-refractivity contribution in [3.8, 4) is 0 Å². The molecule has 35 heavy (non-hydrogen) atoms. The van der Waals surface area contributed by atoms with Gasteiger partial charge < -0.3 is 19.1 Å². The van der Waals surface area contributed by atoms with E-state index in [4.69, 9.17) is 4.74 Å². The molecular weight excluding hydrogens is 440 g/mol. The van der Waals surface area contributed by atoms with Crippen LogP contribution in [0.15, 0.2) is 55.0 Å². The van der Waals surface area contributed by atoms with E-state index in [0.717, 1.165) is 49.9 Å². The summed E-state index contributed by atoms with van der Waals surface area (Å²) >= 11 is 0. The Morgan fingerprint density at radius 3 is 2.43 bits per heavy atom. The largest absolute Gasteiger partial charge is 0.459 e. The smallest absolute Gasteiger partial charge is 0.326 e. The first kappa shape index (κ1) is 23.4.